The minimum Gasteiger partial charge on any atom is -0.373 e. The second-order valence-corrected chi connectivity index (χ2v) is 5.14. The molecule has 1 aliphatic rings. The molecule has 0 aromatic heterocycles. The van der Waals surface area contributed by atoms with E-state index in [0.717, 1.165) is 11.1 Å². The lowest BCUT2D eigenvalue weighted by atomic mass is 9.88. The van der Waals surface area contributed by atoms with Gasteiger partial charge in [-0.2, -0.15) is 13.2 Å². The van der Waals surface area contributed by atoms with Crippen molar-refractivity contribution in [1.29, 1.82) is 0 Å². The Hall–Kier alpha value is -1.40. The van der Waals surface area contributed by atoms with Gasteiger partial charge >= 0.3 is 6.18 Å². The third-order valence-electron chi connectivity index (χ3n) is 3.63. The predicted octanol–water partition coefficient (Wildman–Crippen LogP) is 2.54. The van der Waals surface area contributed by atoms with E-state index in [1.807, 2.05) is 12.1 Å². The molecule has 0 radical (unpaired) electrons. The molecule has 110 valence electrons. The second-order valence-electron chi connectivity index (χ2n) is 5.14. The smallest absolute Gasteiger partial charge is 0.373 e. The van der Waals surface area contributed by atoms with Crippen LogP contribution in [0.4, 0.5) is 13.2 Å². The number of carbonyl (C=O) groups is 1. The van der Waals surface area contributed by atoms with Crippen LogP contribution in [-0.2, 0) is 16.0 Å². The van der Waals surface area contributed by atoms with Crippen molar-refractivity contribution in [2.75, 3.05) is 6.61 Å². The molecule has 2 rings (SSSR count). The number of alkyl halides is 3. The molecule has 2 unspecified atom stereocenters. The van der Waals surface area contributed by atoms with Crippen molar-refractivity contribution in [3.63, 3.8) is 0 Å². The highest BCUT2D eigenvalue weighted by atomic mass is 19.4. The number of nitrogens with two attached hydrogens (primary N) is 1. The summed E-state index contributed by atoms with van der Waals surface area (Å²) in [5.41, 5.74) is 4.07. The molecule has 6 heteroatoms. The van der Waals surface area contributed by atoms with Crippen molar-refractivity contribution in [1.82, 2.24) is 0 Å². The van der Waals surface area contributed by atoms with Crippen LogP contribution < -0.4 is 5.73 Å². The number of fused-ring (bicyclic) bond motifs is 1. The molecular formula is C14H16F3NO2. The van der Waals surface area contributed by atoms with E-state index in [1.165, 1.54) is 0 Å². The van der Waals surface area contributed by atoms with Crippen LogP contribution in [0.5, 0.6) is 0 Å². The van der Waals surface area contributed by atoms with E-state index in [4.69, 9.17) is 10.5 Å². The van der Waals surface area contributed by atoms with Crippen LogP contribution in [0.25, 0.3) is 0 Å². The number of Topliss-reactive ketones (excluding diaryl/α,β-unsaturated/α-hetero) is 1. The molecule has 0 bridgehead atoms. The fraction of sp³-hybridized carbons (Fsp3) is 0.500. The van der Waals surface area contributed by atoms with Gasteiger partial charge in [0.2, 0.25) is 0 Å². The number of benzene rings is 1. The Kier molecular flexibility index (Phi) is 3.88. The number of hydrogen-bond donors (Lipinski definition) is 1. The van der Waals surface area contributed by atoms with Gasteiger partial charge in [-0.05, 0) is 24.5 Å². The van der Waals surface area contributed by atoms with Crippen LogP contribution in [-0.4, -0.2) is 24.1 Å². The Morgan fingerprint density at radius 3 is 2.70 bits per heavy atom. The van der Waals surface area contributed by atoms with Crippen molar-refractivity contribution in [2.24, 2.45) is 5.73 Å². The molecule has 0 amide bonds. The van der Waals surface area contributed by atoms with Gasteiger partial charge < -0.3 is 10.5 Å². The largest absolute Gasteiger partial charge is 0.413 e. The minimum atomic E-state index is -4.77. The summed E-state index contributed by atoms with van der Waals surface area (Å²) in [6, 6.07) is 7.29. The first-order valence-electron chi connectivity index (χ1n) is 6.32. The molecule has 1 aromatic carbocycles. The van der Waals surface area contributed by atoms with Crippen molar-refractivity contribution >= 4 is 5.78 Å². The van der Waals surface area contributed by atoms with Gasteiger partial charge in [-0.25, -0.2) is 0 Å². The minimum absolute atomic E-state index is 0.372. The monoisotopic (exact) mass is 287 g/mol. The van der Waals surface area contributed by atoms with E-state index in [-0.39, 0.29) is 6.42 Å². The summed E-state index contributed by atoms with van der Waals surface area (Å²) >= 11 is 0. The van der Waals surface area contributed by atoms with Crippen LogP contribution in [0.15, 0.2) is 24.3 Å². The van der Waals surface area contributed by atoms with Gasteiger partial charge in [0.25, 0.3) is 0 Å². The van der Waals surface area contributed by atoms with E-state index in [2.05, 4.69) is 0 Å². The Morgan fingerprint density at radius 1 is 1.40 bits per heavy atom. The summed E-state index contributed by atoms with van der Waals surface area (Å²) in [6.45, 7) is 1.09. The first kappa shape index (κ1) is 15.0. The summed E-state index contributed by atoms with van der Waals surface area (Å²) in [5.74, 6) is -1.06. The summed E-state index contributed by atoms with van der Waals surface area (Å²) in [5, 5.41) is 0. The van der Waals surface area contributed by atoms with Crippen molar-refractivity contribution in [2.45, 2.75) is 37.6 Å². The zero-order chi connectivity index (χ0) is 15.0. The second kappa shape index (κ2) is 5.18. The fourth-order valence-electron chi connectivity index (χ4n) is 2.18. The number of ketones is 1. The third-order valence-corrected chi connectivity index (χ3v) is 3.63. The topological polar surface area (TPSA) is 52.3 Å². The molecule has 0 saturated carbocycles. The van der Waals surface area contributed by atoms with Gasteiger partial charge in [0.15, 0.2) is 11.3 Å². The van der Waals surface area contributed by atoms with Gasteiger partial charge in [-0.15, -0.1) is 0 Å². The summed E-state index contributed by atoms with van der Waals surface area (Å²) in [6.07, 6.45) is -5.10. The number of ether oxygens (including phenoxy) is 1. The van der Waals surface area contributed by atoms with Crippen LogP contribution in [0, 0.1) is 0 Å². The van der Waals surface area contributed by atoms with Crippen LogP contribution in [0.1, 0.15) is 30.6 Å². The summed E-state index contributed by atoms with van der Waals surface area (Å²) in [7, 11) is 0. The lowest BCUT2D eigenvalue weighted by Crippen LogP contribution is -2.57. The van der Waals surface area contributed by atoms with Crippen LogP contribution in [0.2, 0.25) is 0 Å². The molecular weight excluding hydrogens is 271 g/mol. The maximum atomic E-state index is 12.7. The first-order valence-corrected chi connectivity index (χ1v) is 6.32. The standard InChI is InChI=1S/C14H16F3NO2/c1-13(18,14(15,16)17)12(19)8-11-10-5-3-2-4-9(10)6-7-20-11/h2-5,11H,6-8,18H2,1H3. The Balaban J connectivity index is 2.18. The SMILES string of the molecule is CC(N)(C(=O)CC1OCCc2ccccc21)C(F)(F)F. The van der Waals surface area contributed by atoms with Gasteiger partial charge in [-0.1, -0.05) is 24.3 Å². The lowest BCUT2D eigenvalue weighted by molar-refractivity contribution is -0.187. The van der Waals surface area contributed by atoms with E-state index < -0.39 is 23.6 Å². The molecule has 2 N–H and O–H groups in total. The van der Waals surface area contributed by atoms with Crippen LogP contribution in [0.3, 0.4) is 0 Å². The highest BCUT2D eigenvalue weighted by Crippen LogP contribution is 2.34. The van der Waals surface area contributed by atoms with Crippen LogP contribution >= 0.6 is 0 Å². The quantitative estimate of drug-likeness (QED) is 0.929. The molecule has 0 spiro atoms. The maximum Gasteiger partial charge on any atom is 0.413 e. The number of halogens is 3. The van der Waals surface area contributed by atoms with Gasteiger partial charge in [-0.3, -0.25) is 4.79 Å². The van der Waals surface area contributed by atoms with E-state index in [1.54, 1.807) is 12.1 Å². The lowest BCUT2D eigenvalue weighted by Gasteiger charge is -2.30. The third kappa shape index (κ3) is 2.71. The summed E-state index contributed by atoms with van der Waals surface area (Å²) in [4.78, 5) is 11.9. The Morgan fingerprint density at radius 2 is 2.05 bits per heavy atom. The van der Waals surface area contributed by atoms with Gasteiger partial charge in [0.1, 0.15) is 0 Å². The molecule has 0 aliphatic carbocycles. The molecule has 1 aromatic rings. The number of rotatable bonds is 3. The molecule has 1 aliphatic heterocycles. The van der Waals surface area contributed by atoms with E-state index >= 15 is 0 Å². The molecule has 2 atom stereocenters. The Labute approximate surface area is 114 Å². The maximum absolute atomic E-state index is 12.7. The first-order chi connectivity index (χ1) is 9.23. The molecule has 0 saturated heterocycles. The number of carbonyl (C=O) groups excluding carboxylic acids is 1. The normalized spacial score (nSPS) is 21.9. The molecule has 1 heterocycles. The summed E-state index contributed by atoms with van der Waals surface area (Å²) < 4.78 is 43.7. The molecule has 0 fully saturated rings. The van der Waals surface area contributed by atoms with Crippen molar-refractivity contribution in [3.8, 4) is 0 Å². The Bertz CT molecular complexity index is 511. The average molecular weight is 287 g/mol. The van der Waals surface area contributed by atoms with Gasteiger partial charge in [0, 0.05) is 6.42 Å². The van der Waals surface area contributed by atoms with Gasteiger partial charge in [0.05, 0.1) is 12.7 Å². The number of hydrogen-bond acceptors (Lipinski definition) is 3. The predicted molar refractivity (Wildman–Crippen MR) is 67.1 cm³/mol. The van der Waals surface area contributed by atoms with Crippen molar-refractivity contribution < 1.29 is 22.7 Å². The average Bonchev–Trinajstić information content (AvgIpc) is 2.37. The van der Waals surface area contributed by atoms with E-state index in [9.17, 15) is 18.0 Å². The zero-order valence-electron chi connectivity index (χ0n) is 11.0. The molecule has 3 nitrogen and oxygen atoms in total. The highest BCUT2D eigenvalue weighted by molar-refractivity contribution is 5.89. The van der Waals surface area contributed by atoms with Crippen molar-refractivity contribution in [3.05, 3.63) is 35.4 Å². The van der Waals surface area contributed by atoms with E-state index in [0.29, 0.717) is 20.0 Å². The fourth-order valence-corrected chi connectivity index (χ4v) is 2.18. The zero-order valence-corrected chi connectivity index (χ0v) is 11.0. The molecule has 20 heavy (non-hydrogen) atoms. The highest BCUT2D eigenvalue weighted by Gasteiger charge is 2.53.